The van der Waals surface area contributed by atoms with Crippen LogP contribution in [0.4, 0.5) is 11.5 Å². The van der Waals surface area contributed by atoms with Gasteiger partial charge in [0, 0.05) is 25.8 Å². The third-order valence-electron chi connectivity index (χ3n) is 4.46. The van der Waals surface area contributed by atoms with Gasteiger partial charge in [-0.25, -0.2) is 4.68 Å². The van der Waals surface area contributed by atoms with Crippen molar-refractivity contribution in [1.29, 1.82) is 0 Å². The van der Waals surface area contributed by atoms with Gasteiger partial charge in [-0.2, -0.15) is 5.10 Å². The Morgan fingerprint density at radius 1 is 1.11 bits per heavy atom. The van der Waals surface area contributed by atoms with Crippen molar-refractivity contribution in [2.75, 3.05) is 30.9 Å². The third-order valence-corrected chi connectivity index (χ3v) is 4.46. The van der Waals surface area contributed by atoms with Crippen LogP contribution in [0.2, 0.25) is 0 Å². The van der Waals surface area contributed by atoms with E-state index in [0.717, 1.165) is 28.1 Å². The third kappa shape index (κ3) is 4.91. The minimum absolute atomic E-state index is 0.0490. The molecule has 0 saturated carbocycles. The molecule has 1 heterocycles. The number of ether oxygens (including phenoxy) is 1. The molecule has 0 fully saturated rings. The van der Waals surface area contributed by atoms with Crippen LogP contribution >= 0.6 is 0 Å². The van der Waals surface area contributed by atoms with E-state index in [4.69, 9.17) is 4.74 Å². The number of nitrogens with one attached hydrogen (secondary N) is 1. The number of rotatable bonds is 7. The smallest absolute Gasteiger partial charge is 0.263 e. The number of aryl methyl sites for hydroxylation is 2. The van der Waals surface area contributed by atoms with Gasteiger partial charge < -0.3 is 15.0 Å². The first kappa shape index (κ1) is 19.5. The van der Waals surface area contributed by atoms with Gasteiger partial charge in [0.2, 0.25) is 0 Å². The summed E-state index contributed by atoms with van der Waals surface area (Å²) in [6, 6.07) is 15.9. The Morgan fingerprint density at radius 2 is 1.86 bits per heavy atom. The van der Waals surface area contributed by atoms with E-state index in [1.54, 1.807) is 16.9 Å². The van der Waals surface area contributed by atoms with E-state index in [-0.39, 0.29) is 12.5 Å². The molecule has 0 bridgehead atoms. The fourth-order valence-electron chi connectivity index (χ4n) is 2.92. The van der Waals surface area contributed by atoms with E-state index in [2.05, 4.69) is 39.6 Å². The summed E-state index contributed by atoms with van der Waals surface area (Å²) in [5, 5.41) is 7.18. The molecule has 1 N–H and O–H groups in total. The Bertz CT molecular complexity index is 945. The van der Waals surface area contributed by atoms with E-state index in [1.807, 2.05) is 46.1 Å². The number of benzene rings is 2. The molecule has 6 heteroatoms. The fraction of sp³-hybridized carbons (Fsp3) is 0.273. The number of carbonyl (C=O) groups is 1. The van der Waals surface area contributed by atoms with E-state index >= 15 is 0 Å². The first-order valence-corrected chi connectivity index (χ1v) is 9.20. The molecule has 0 unspecified atom stereocenters. The van der Waals surface area contributed by atoms with Crippen LogP contribution in [0.1, 0.15) is 16.7 Å². The second-order valence-electron chi connectivity index (χ2n) is 7.04. The Balaban J connectivity index is 1.59. The predicted octanol–water partition coefficient (Wildman–Crippen LogP) is 3.63. The van der Waals surface area contributed by atoms with Crippen LogP contribution in [0.25, 0.3) is 0 Å². The van der Waals surface area contributed by atoms with Gasteiger partial charge in [0.25, 0.3) is 5.91 Å². The van der Waals surface area contributed by atoms with Gasteiger partial charge in [0.05, 0.1) is 12.7 Å². The topological polar surface area (TPSA) is 59.4 Å². The summed E-state index contributed by atoms with van der Waals surface area (Å²) < 4.78 is 7.41. The minimum atomic E-state index is -0.218. The second kappa shape index (κ2) is 8.61. The maximum Gasteiger partial charge on any atom is 0.263 e. The lowest BCUT2D eigenvalue weighted by Crippen LogP contribution is -2.22. The summed E-state index contributed by atoms with van der Waals surface area (Å²) in [6.45, 7) is 4.52. The van der Waals surface area contributed by atoms with Gasteiger partial charge in [-0.3, -0.25) is 4.79 Å². The molecule has 0 radical (unpaired) electrons. The summed E-state index contributed by atoms with van der Waals surface area (Å²) in [7, 11) is 4.02. The molecule has 1 amide bonds. The van der Waals surface area contributed by atoms with E-state index in [0.29, 0.717) is 12.4 Å². The number of hydrogen-bond acceptors (Lipinski definition) is 4. The molecule has 3 aromatic rings. The van der Waals surface area contributed by atoms with Gasteiger partial charge in [-0.05, 0) is 43.2 Å². The predicted molar refractivity (Wildman–Crippen MR) is 112 cm³/mol. The molecule has 146 valence electrons. The van der Waals surface area contributed by atoms with Gasteiger partial charge in [0.1, 0.15) is 11.6 Å². The maximum absolute atomic E-state index is 12.3. The molecule has 0 aliphatic heterocycles. The molecule has 0 aliphatic carbocycles. The SMILES string of the molecule is Cc1ccc(OCC(=O)Nc2ccnn2Cc2ccc(N(C)C)cc2)c(C)c1. The van der Waals surface area contributed by atoms with E-state index in [9.17, 15) is 4.79 Å². The zero-order chi connectivity index (χ0) is 20.1. The van der Waals surface area contributed by atoms with Crippen LogP contribution in [0.5, 0.6) is 5.75 Å². The largest absolute Gasteiger partial charge is 0.483 e. The highest BCUT2D eigenvalue weighted by atomic mass is 16.5. The highest BCUT2D eigenvalue weighted by molar-refractivity contribution is 5.91. The fourth-order valence-corrected chi connectivity index (χ4v) is 2.92. The number of amides is 1. The molecule has 28 heavy (non-hydrogen) atoms. The van der Waals surface area contributed by atoms with Crippen LogP contribution in [0.3, 0.4) is 0 Å². The van der Waals surface area contributed by atoms with Crippen molar-refractivity contribution in [3.05, 3.63) is 71.4 Å². The monoisotopic (exact) mass is 378 g/mol. The second-order valence-corrected chi connectivity index (χ2v) is 7.04. The van der Waals surface area contributed by atoms with Gasteiger partial charge in [-0.1, -0.05) is 29.8 Å². The Morgan fingerprint density at radius 3 is 2.54 bits per heavy atom. The van der Waals surface area contributed by atoms with Crippen molar-refractivity contribution in [3.63, 3.8) is 0 Å². The van der Waals surface area contributed by atoms with E-state index < -0.39 is 0 Å². The van der Waals surface area contributed by atoms with Crippen molar-refractivity contribution < 1.29 is 9.53 Å². The van der Waals surface area contributed by atoms with Crippen LogP contribution in [0.15, 0.2) is 54.7 Å². The molecule has 1 aromatic heterocycles. The molecule has 3 rings (SSSR count). The van der Waals surface area contributed by atoms with Crippen molar-refractivity contribution in [1.82, 2.24) is 9.78 Å². The van der Waals surface area contributed by atoms with Crippen molar-refractivity contribution in [2.45, 2.75) is 20.4 Å². The molecule has 0 aliphatic rings. The van der Waals surface area contributed by atoms with Crippen molar-refractivity contribution >= 4 is 17.4 Å². The first-order valence-electron chi connectivity index (χ1n) is 9.20. The number of aromatic nitrogens is 2. The molecule has 0 atom stereocenters. The van der Waals surface area contributed by atoms with Gasteiger partial charge in [0.15, 0.2) is 6.61 Å². The number of nitrogens with zero attached hydrogens (tertiary/aromatic N) is 3. The van der Waals surface area contributed by atoms with Crippen molar-refractivity contribution in [3.8, 4) is 5.75 Å². The Kier molecular flexibility index (Phi) is 5.99. The Hall–Kier alpha value is -3.28. The van der Waals surface area contributed by atoms with Crippen LogP contribution < -0.4 is 15.0 Å². The molecule has 6 nitrogen and oxygen atoms in total. The molecule has 2 aromatic carbocycles. The molecular formula is C22H26N4O2. The molecule has 0 saturated heterocycles. The van der Waals surface area contributed by atoms with Crippen LogP contribution in [-0.4, -0.2) is 36.4 Å². The average molecular weight is 378 g/mol. The van der Waals surface area contributed by atoms with Gasteiger partial charge in [-0.15, -0.1) is 0 Å². The van der Waals surface area contributed by atoms with E-state index in [1.165, 1.54) is 0 Å². The first-order chi connectivity index (χ1) is 13.4. The van der Waals surface area contributed by atoms with Crippen LogP contribution in [-0.2, 0) is 11.3 Å². The normalized spacial score (nSPS) is 10.6. The standard InChI is InChI=1S/C22H26N4O2/c1-16-5-10-20(17(2)13-16)28-15-22(27)24-21-11-12-23-26(21)14-18-6-8-19(9-7-18)25(3)4/h5-13H,14-15H2,1-4H3,(H,24,27). The zero-order valence-corrected chi connectivity index (χ0v) is 16.8. The summed E-state index contributed by atoms with van der Waals surface area (Å²) in [6.07, 6.45) is 1.68. The number of hydrogen-bond donors (Lipinski definition) is 1. The summed E-state index contributed by atoms with van der Waals surface area (Å²) in [5.41, 5.74) is 4.42. The summed E-state index contributed by atoms with van der Waals surface area (Å²) in [4.78, 5) is 14.4. The summed E-state index contributed by atoms with van der Waals surface area (Å²) >= 11 is 0. The Labute approximate surface area is 165 Å². The minimum Gasteiger partial charge on any atom is -0.483 e. The number of carbonyl (C=O) groups excluding carboxylic acids is 1. The lowest BCUT2D eigenvalue weighted by Gasteiger charge is -2.14. The number of anilines is 2. The quantitative estimate of drug-likeness (QED) is 0.682. The highest BCUT2D eigenvalue weighted by Crippen LogP contribution is 2.19. The lowest BCUT2D eigenvalue weighted by atomic mass is 10.1. The molecule has 0 spiro atoms. The molecular weight excluding hydrogens is 352 g/mol. The van der Waals surface area contributed by atoms with Crippen molar-refractivity contribution in [2.24, 2.45) is 0 Å². The zero-order valence-electron chi connectivity index (χ0n) is 16.8. The highest BCUT2D eigenvalue weighted by Gasteiger charge is 2.10. The average Bonchev–Trinajstić information content (AvgIpc) is 3.08. The lowest BCUT2D eigenvalue weighted by molar-refractivity contribution is -0.118. The maximum atomic E-state index is 12.3. The van der Waals surface area contributed by atoms with Gasteiger partial charge >= 0.3 is 0 Å². The van der Waals surface area contributed by atoms with Crippen LogP contribution in [0, 0.1) is 13.8 Å². The summed E-state index contributed by atoms with van der Waals surface area (Å²) in [5.74, 6) is 1.14.